The van der Waals surface area contributed by atoms with Gasteiger partial charge in [-0.3, -0.25) is 4.98 Å². The van der Waals surface area contributed by atoms with E-state index in [9.17, 15) is 0 Å². The van der Waals surface area contributed by atoms with Crippen LogP contribution in [0.4, 0.5) is 0 Å². The van der Waals surface area contributed by atoms with Crippen LogP contribution in [0.2, 0.25) is 0 Å². The second-order valence-electron chi connectivity index (χ2n) is 5.96. The summed E-state index contributed by atoms with van der Waals surface area (Å²) in [7, 11) is 0. The predicted molar refractivity (Wildman–Crippen MR) is 91.4 cm³/mol. The first-order chi connectivity index (χ1) is 11.9. The molecule has 5 nitrogen and oxygen atoms in total. The number of aromatic nitrogens is 3. The molecule has 0 amide bonds. The van der Waals surface area contributed by atoms with Crippen molar-refractivity contribution in [1.82, 2.24) is 19.9 Å². The summed E-state index contributed by atoms with van der Waals surface area (Å²) in [5.41, 5.74) is 2.27. The van der Waals surface area contributed by atoms with E-state index in [1.54, 1.807) is 6.20 Å². The minimum absolute atomic E-state index is 0.301. The lowest BCUT2D eigenvalue weighted by Gasteiger charge is -2.14. The average Bonchev–Trinajstić information content (AvgIpc) is 3.24. The SMILES string of the molecule is c1ccc(COc2cnccc2CNC2CCn3ccnc32)cc1. The number of aryl methyl sites for hydroxylation is 1. The van der Waals surface area contributed by atoms with Crippen LogP contribution in [0, 0.1) is 0 Å². The van der Waals surface area contributed by atoms with Gasteiger partial charge in [-0.2, -0.15) is 0 Å². The van der Waals surface area contributed by atoms with Gasteiger partial charge in [-0.15, -0.1) is 0 Å². The monoisotopic (exact) mass is 320 g/mol. The summed E-state index contributed by atoms with van der Waals surface area (Å²) in [5, 5.41) is 3.59. The highest BCUT2D eigenvalue weighted by molar-refractivity contribution is 5.30. The fraction of sp³-hybridized carbons (Fsp3) is 0.263. The normalized spacial score (nSPS) is 16.1. The molecule has 1 unspecified atom stereocenters. The van der Waals surface area contributed by atoms with Gasteiger partial charge in [0.2, 0.25) is 0 Å². The van der Waals surface area contributed by atoms with Crippen molar-refractivity contribution >= 4 is 0 Å². The number of hydrogen-bond donors (Lipinski definition) is 1. The van der Waals surface area contributed by atoms with Crippen LogP contribution in [0.25, 0.3) is 0 Å². The van der Waals surface area contributed by atoms with Gasteiger partial charge in [0.1, 0.15) is 18.2 Å². The van der Waals surface area contributed by atoms with Crippen molar-refractivity contribution in [3.05, 3.63) is 78.1 Å². The Hall–Kier alpha value is -2.66. The first-order valence-corrected chi connectivity index (χ1v) is 8.24. The highest BCUT2D eigenvalue weighted by atomic mass is 16.5. The maximum atomic E-state index is 5.97. The number of pyridine rings is 1. The summed E-state index contributed by atoms with van der Waals surface area (Å²) in [5.74, 6) is 1.95. The first kappa shape index (κ1) is 14.9. The molecule has 0 fully saturated rings. The molecule has 24 heavy (non-hydrogen) atoms. The van der Waals surface area contributed by atoms with Crippen molar-refractivity contribution in [2.75, 3.05) is 0 Å². The van der Waals surface area contributed by atoms with Crippen LogP contribution in [-0.2, 0) is 19.7 Å². The molecule has 1 atom stereocenters. The summed E-state index contributed by atoms with van der Waals surface area (Å²) in [6, 6.07) is 12.5. The molecule has 0 radical (unpaired) electrons. The zero-order valence-corrected chi connectivity index (χ0v) is 13.4. The van der Waals surface area contributed by atoms with Gasteiger partial charge in [0.15, 0.2) is 0 Å². The third-order valence-electron chi connectivity index (χ3n) is 4.36. The number of fused-ring (bicyclic) bond motifs is 1. The number of imidazole rings is 1. The second kappa shape index (κ2) is 6.84. The largest absolute Gasteiger partial charge is 0.487 e. The Balaban J connectivity index is 1.41. The number of hydrogen-bond acceptors (Lipinski definition) is 4. The van der Waals surface area contributed by atoms with Crippen LogP contribution in [0.15, 0.2) is 61.2 Å². The summed E-state index contributed by atoms with van der Waals surface area (Å²) < 4.78 is 8.17. The van der Waals surface area contributed by atoms with Crippen molar-refractivity contribution in [1.29, 1.82) is 0 Å². The molecule has 3 aromatic rings. The standard InChI is InChI=1S/C19H20N4O/c1-2-4-15(5-3-1)14-24-18-13-20-8-6-16(18)12-22-17-7-10-23-11-9-21-19(17)23/h1-6,8-9,11,13,17,22H,7,10,12,14H2. The van der Waals surface area contributed by atoms with Crippen molar-refractivity contribution in [3.63, 3.8) is 0 Å². The maximum absolute atomic E-state index is 5.97. The van der Waals surface area contributed by atoms with Crippen LogP contribution >= 0.6 is 0 Å². The Bertz CT molecular complexity index is 800. The van der Waals surface area contributed by atoms with E-state index in [0.29, 0.717) is 12.6 Å². The summed E-state index contributed by atoms with van der Waals surface area (Å²) in [6.07, 6.45) is 8.58. The van der Waals surface area contributed by atoms with Gasteiger partial charge >= 0.3 is 0 Å². The zero-order chi connectivity index (χ0) is 16.2. The van der Waals surface area contributed by atoms with Crippen molar-refractivity contribution in [3.8, 4) is 5.75 Å². The first-order valence-electron chi connectivity index (χ1n) is 8.24. The molecule has 0 bridgehead atoms. The van der Waals surface area contributed by atoms with E-state index in [0.717, 1.165) is 42.2 Å². The smallest absolute Gasteiger partial charge is 0.142 e. The summed E-state index contributed by atoms with van der Waals surface area (Å²) in [4.78, 5) is 8.64. The van der Waals surface area contributed by atoms with Gasteiger partial charge < -0.3 is 14.6 Å². The lowest BCUT2D eigenvalue weighted by molar-refractivity contribution is 0.300. The minimum atomic E-state index is 0.301. The molecule has 0 saturated heterocycles. The molecule has 3 heterocycles. The molecule has 5 heteroatoms. The van der Waals surface area contributed by atoms with Crippen molar-refractivity contribution in [2.24, 2.45) is 0 Å². The van der Waals surface area contributed by atoms with E-state index in [2.05, 4.69) is 32.0 Å². The van der Waals surface area contributed by atoms with Gasteiger partial charge in [-0.1, -0.05) is 30.3 Å². The van der Waals surface area contributed by atoms with E-state index in [-0.39, 0.29) is 0 Å². The lowest BCUT2D eigenvalue weighted by Crippen LogP contribution is -2.20. The third kappa shape index (κ3) is 3.16. The van der Waals surface area contributed by atoms with Crippen LogP contribution in [0.5, 0.6) is 5.75 Å². The van der Waals surface area contributed by atoms with Crippen LogP contribution in [0.1, 0.15) is 29.4 Å². The molecule has 2 aromatic heterocycles. The van der Waals surface area contributed by atoms with Gasteiger partial charge in [0, 0.05) is 37.2 Å². The maximum Gasteiger partial charge on any atom is 0.142 e. The molecule has 1 aliphatic heterocycles. The Kier molecular flexibility index (Phi) is 4.25. The van der Waals surface area contributed by atoms with Gasteiger partial charge in [0.25, 0.3) is 0 Å². The third-order valence-corrected chi connectivity index (χ3v) is 4.36. The molecule has 0 aliphatic carbocycles. The molecular weight excluding hydrogens is 300 g/mol. The number of nitrogens with zero attached hydrogens (tertiary/aromatic N) is 3. The van der Waals surface area contributed by atoms with E-state index in [1.165, 1.54) is 0 Å². The number of rotatable bonds is 6. The topological polar surface area (TPSA) is 52.0 Å². The molecule has 0 spiro atoms. The number of ether oxygens (including phenoxy) is 1. The van der Waals surface area contributed by atoms with Crippen molar-refractivity contribution < 1.29 is 4.74 Å². The lowest BCUT2D eigenvalue weighted by atomic mass is 10.2. The Morgan fingerprint density at radius 2 is 2.08 bits per heavy atom. The molecule has 122 valence electrons. The van der Waals surface area contributed by atoms with Crippen LogP contribution in [-0.4, -0.2) is 14.5 Å². The Morgan fingerprint density at radius 3 is 3.00 bits per heavy atom. The summed E-state index contributed by atoms with van der Waals surface area (Å²) in [6.45, 7) is 2.32. The van der Waals surface area contributed by atoms with Crippen molar-refractivity contribution in [2.45, 2.75) is 32.2 Å². The Labute approximate surface area is 141 Å². The van der Waals surface area contributed by atoms with Gasteiger partial charge in [0.05, 0.1) is 12.2 Å². The fourth-order valence-corrected chi connectivity index (χ4v) is 3.06. The molecular formula is C19H20N4O. The molecule has 4 rings (SSSR count). The highest BCUT2D eigenvalue weighted by Crippen LogP contribution is 2.25. The quantitative estimate of drug-likeness (QED) is 0.758. The fourth-order valence-electron chi connectivity index (χ4n) is 3.06. The molecule has 0 saturated carbocycles. The van der Waals surface area contributed by atoms with E-state index >= 15 is 0 Å². The predicted octanol–water partition coefficient (Wildman–Crippen LogP) is 3.09. The van der Waals surface area contributed by atoms with E-state index in [4.69, 9.17) is 4.74 Å². The molecule has 1 aromatic carbocycles. The number of benzene rings is 1. The zero-order valence-electron chi connectivity index (χ0n) is 13.4. The summed E-state index contributed by atoms with van der Waals surface area (Å²) >= 11 is 0. The van der Waals surface area contributed by atoms with E-state index in [1.807, 2.05) is 42.9 Å². The van der Waals surface area contributed by atoms with Crippen LogP contribution < -0.4 is 10.1 Å². The van der Waals surface area contributed by atoms with Crippen LogP contribution in [0.3, 0.4) is 0 Å². The molecule has 1 aliphatic rings. The average molecular weight is 320 g/mol. The minimum Gasteiger partial charge on any atom is -0.487 e. The second-order valence-corrected chi connectivity index (χ2v) is 5.96. The van der Waals surface area contributed by atoms with Gasteiger partial charge in [-0.05, 0) is 18.1 Å². The number of nitrogens with one attached hydrogen (secondary N) is 1. The molecule has 1 N–H and O–H groups in total. The van der Waals surface area contributed by atoms with Gasteiger partial charge in [-0.25, -0.2) is 4.98 Å². The Morgan fingerprint density at radius 1 is 1.17 bits per heavy atom. The highest BCUT2D eigenvalue weighted by Gasteiger charge is 2.23. The van der Waals surface area contributed by atoms with E-state index < -0.39 is 0 Å².